The van der Waals surface area contributed by atoms with Crippen LogP contribution in [0.2, 0.25) is 5.02 Å². The number of nitrogens with two attached hydrogens (primary N) is 1. The molecule has 0 saturated carbocycles. The maximum Gasteiger partial charge on any atom is 0.0406 e. The number of hydrogen-bond acceptors (Lipinski definition) is 2. The number of halogens is 1. The van der Waals surface area contributed by atoms with Crippen LogP contribution in [-0.2, 0) is 0 Å². The van der Waals surface area contributed by atoms with Gasteiger partial charge in [0.25, 0.3) is 0 Å². The molecule has 1 aromatic rings. The zero-order valence-corrected chi connectivity index (χ0v) is 9.04. The van der Waals surface area contributed by atoms with E-state index in [0.29, 0.717) is 12.1 Å². The summed E-state index contributed by atoms with van der Waals surface area (Å²) < 4.78 is 0. The van der Waals surface area contributed by atoms with Crippen LogP contribution in [0.4, 0.5) is 0 Å². The van der Waals surface area contributed by atoms with Crippen LogP contribution in [0.5, 0.6) is 0 Å². The zero-order chi connectivity index (χ0) is 10.1. The Morgan fingerprint density at radius 2 is 2.00 bits per heavy atom. The molecule has 0 radical (unpaired) electrons. The molecule has 2 nitrogen and oxygen atoms in total. The molecule has 0 bridgehead atoms. The summed E-state index contributed by atoms with van der Waals surface area (Å²) >= 11 is 5.85. The first-order valence-corrected chi connectivity index (χ1v) is 5.26. The molecule has 0 aliphatic carbocycles. The lowest BCUT2D eigenvalue weighted by Crippen LogP contribution is -2.24. The van der Waals surface area contributed by atoms with E-state index in [1.54, 1.807) is 0 Å². The molecule has 1 saturated heterocycles. The van der Waals surface area contributed by atoms with E-state index in [1.807, 2.05) is 12.1 Å². The van der Waals surface area contributed by atoms with E-state index in [1.165, 1.54) is 5.56 Å². The van der Waals surface area contributed by atoms with Crippen molar-refractivity contribution in [2.45, 2.75) is 18.5 Å². The summed E-state index contributed by atoms with van der Waals surface area (Å²) in [6, 6.07) is 8.81. The van der Waals surface area contributed by atoms with Crippen molar-refractivity contribution in [2.24, 2.45) is 5.73 Å². The van der Waals surface area contributed by atoms with E-state index in [-0.39, 0.29) is 0 Å². The maximum absolute atomic E-state index is 5.92. The number of benzene rings is 1. The first-order chi connectivity index (χ1) is 6.66. The molecule has 1 fully saturated rings. The normalized spacial score (nSPS) is 28.2. The van der Waals surface area contributed by atoms with E-state index in [9.17, 15) is 0 Å². The van der Waals surface area contributed by atoms with E-state index in [0.717, 1.165) is 18.0 Å². The number of likely N-dealkylation sites (N-methyl/N-ethyl adjacent to an activating group) is 1. The van der Waals surface area contributed by atoms with Crippen LogP contribution >= 0.6 is 11.6 Å². The van der Waals surface area contributed by atoms with Crippen molar-refractivity contribution in [1.82, 2.24) is 4.90 Å². The summed E-state index contributed by atoms with van der Waals surface area (Å²) in [5.41, 5.74) is 7.23. The van der Waals surface area contributed by atoms with Gasteiger partial charge in [0.05, 0.1) is 0 Å². The number of hydrogen-bond donors (Lipinski definition) is 1. The first kappa shape index (κ1) is 9.97. The Hall–Kier alpha value is -0.570. The van der Waals surface area contributed by atoms with Gasteiger partial charge in [-0.3, -0.25) is 4.90 Å². The Morgan fingerprint density at radius 3 is 2.50 bits per heavy atom. The summed E-state index contributed by atoms with van der Waals surface area (Å²) in [7, 11) is 2.12. The van der Waals surface area contributed by atoms with Gasteiger partial charge in [-0.25, -0.2) is 0 Å². The lowest BCUT2D eigenvalue weighted by atomic mass is 10.0. The predicted octanol–water partition coefficient (Wildman–Crippen LogP) is 2.04. The summed E-state index contributed by atoms with van der Waals surface area (Å²) in [6.07, 6.45) is 1.04. The van der Waals surface area contributed by atoms with Crippen molar-refractivity contribution in [3.63, 3.8) is 0 Å². The standard InChI is InChI=1S/C11H15ClN2/c1-14-7-10(13)6-11(14)8-2-4-9(12)5-3-8/h2-5,10-11H,6-7,13H2,1H3. The second-order valence-electron chi connectivity index (χ2n) is 4.00. The summed E-state index contributed by atoms with van der Waals surface area (Å²) in [6.45, 7) is 0.979. The van der Waals surface area contributed by atoms with Crippen molar-refractivity contribution in [2.75, 3.05) is 13.6 Å². The van der Waals surface area contributed by atoms with Crippen LogP contribution in [0, 0.1) is 0 Å². The van der Waals surface area contributed by atoms with Crippen LogP contribution in [0.15, 0.2) is 24.3 Å². The third kappa shape index (κ3) is 1.92. The van der Waals surface area contributed by atoms with Crippen LogP contribution in [0.3, 0.4) is 0 Å². The molecule has 2 unspecified atom stereocenters. The lowest BCUT2D eigenvalue weighted by molar-refractivity contribution is 0.316. The fraction of sp³-hybridized carbons (Fsp3) is 0.455. The second kappa shape index (κ2) is 3.89. The van der Waals surface area contributed by atoms with Gasteiger partial charge >= 0.3 is 0 Å². The molecular weight excluding hydrogens is 196 g/mol. The molecule has 2 rings (SSSR count). The van der Waals surface area contributed by atoms with E-state index in [2.05, 4.69) is 24.1 Å². The molecule has 1 aliphatic heterocycles. The monoisotopic (exact) mass is 210 g/mol. The molecule has 14 heavy (non-hydrogen) atoms. The Morgan fingerprint density at radius 1 is 1.36 bits per heavy atom. The fourth-order valence-corrected chi connectivity index (χ4v) is 2.24. The second-order valence-corrected chi connectivity index (χ2v) is 4.44. The predicted molar refractivity (Wildman–Crippen MR) is 59.4 cm³/mol. The molecule has 0 spiro atoms. The van der Waals surface area contributed by atoms with E-state index >= 15 is 0 Å². The average molecular weight is 211 g/mol. The van der Waals surface area contributed by atoms with Crippen molar-refractivity contribution in [1.29, 1.82) is 0 Å². The molecular formula is C11H15ClN2. The van der Waals surface area contributed by atoms with Gasteiger partial charge in [-0.2, -0.15) is 0 Å². The summed E-state index contributed by atoms with van der Waals surface area (Å²) in [5, 5.41) is 0.790. The summed E-state index contributed by atoms with van der Waals surface area (Å²) in [4.78, 5) is 2.30. The van der Waals surface area contributed by atoms with Crippen LogP contribution in [0.1, 0.15) is 18.0 Å². The Labute approximate surface area is 89.7 Å². The van der Waals surface area contributed by atoms with Gasteiger partial charge in [-0.15, -0.1) is 0 Å². The smallest absolute Gasteiger partial charge is 0.0406 e. The molecule has 0 aromatic heterocycles. The van der Waals surface area contributed by atoms with Crippen molar-refractivity contribution in [3.05, 3.63) is 34.9 Å². The fourth-order valence-electron chi connectivity index (χ4n) is 2.11. The van der Waals surface area contributed by atoms with Gasteiger partial charge in [-0.1, -0.05) is 23.7 Å². The SMILES string of the molecule is CN1CC(N)CC1c1ccc(Cl)cc1. The molecule has 1 heterocycles. The summed E-state index contributed by atoms with van der Waals surface area (Å²) in [5.74, 6) is 0. The van der Waals surface area contributed by atoms with E-state index in [4.69, 9.17) is 17.3 Å². The topological polar surface area (TPSA) is 29.3 Å². The Bertz CT molecular complexity index is 310. The van der Waals surface area contributed by atoms with Crippen LogP contribution in [0.25, 0.3) is 0 Å². The highest BCUT2D eigenvalue weighted by molar-refractivity contribution is 6.30. The van der Waals surface area contributed by atoms with Gasteiger partial charge in [0.1, 0.15) is 0 Å². The molecule has 3 heteroatoms. The quantitative estimate of drug-likeness (QED) is 0.769. The van der Waals surface area contributed by atoms with E-state index < -0.39 is 0 Å². The van der Waals surface area contributed by atoms with Crippen molar-refractivity contribution >= 4 is 11.6 Å². The van der Waals surface area contributed by atoms with Gasteiger partial charge in [-0.05, 0) is 31.2 Å². The van der Waals surface area contributed by atoms with Gasteiger partial charge in [0.15, 0.2) is 0 Å². The molecule has 1 aliphatic rings. The minimum Gasteiger partial charge on any atom is -0.326 e. The van der Waals surface area contributed by atoms with Gasteiger partial charge in [0.2, 0.25) is 0 Å². The third-order valence-corrected chi connectivity index (χ3v) is 3.09. The van der Waals surface area contributed by atoms with Crippen LogP contribution < -0.4 is 5.73 Å². The third-order valence-electron chi connectivity index (χ3n) is 2.84. The number of nitrogens with zero attached hydrogens (tertiary/aromatic N) is 1. The average Bonchev–Trinajstić information content (AvgIpc) is 2.47. The first-order valence-electron chi connectivity index (χ1n) is 4.88. The number of rotatable bonds is 1. The molecule has 76 valence electrons. The molecule has 1 aromatic carbocycles. The number of likely N-dealkylation sites (tertiary alicyclic amines) is 1. The van der Waals surface area contributed by atoms with Gasteiger partial charge < -0.3 is 5.73 Å². The van der Waals surface area contributed by atoms with Gasteiger partial charge in [0, 0.05) is 23.7 Å². The molecule has 2 atom stereocenters. The highest BCUT2D eigenvalue weighted by Crippen LogP contribution is 2.30. The highest BCUT2D eigenvalue weighted by atomic mass is 35.5. The minimum absolute atomic E-state index is 0.306. The Balaban J connectivity index is 2.19. The minimum atomic E-state index is 0.306. The Kier molecular flexibility index (Phi) is 2.77. The molecule has 2 N–H and O–H groups in total. The largest absolute Gasteiger partial charge is 0.326 e. The lowest BCUT2D eigenvalue weighted by Gasteiger charge is -2.19. The van der Waals surface area contributed by atoms with Crippen molar-refractivity contribution in [3.8, 4) is 0 Å². The van der Waals surface area contributed by atoms with Crippen molar-refractivity contribution < 1.29 is 0 Å². The maximum atomic E-state index is 5.92. The highest BCUT2D eigenvalue weighted by Gasteiger charge is 2.27. The van der Waals surface area contributed by atoms with Crippen LogP contribution in [-0.4, -0.2) is 24.5 Å². The zero-order valence-electron chi connectivity index (χ0n) is 8.28. The molecule has 0 amide bonds.